The van der Waals surface area contributed by atoms with Gasteiger partial charge < -0.3 is 4.74 Å². The van der Waals surface area contributed by atoms with E-state index in [0.29, 0.717) is 12.3 Å². The van der Waals surface area contributed by atoms with E-state index in [4.69, 9.17) is 4.74 Å². The van der Waals surface area contributed by atoms with Crippen LogP contribution in [0.25, 0.3) is 0 Å². The Balaban J connectivity index is 2.29. The molecule has 2 rings (SSSR count). The van der Waals surface area contributed by atoms with E-state index in [-0.39, 0.29) is 17.8 Å². The standard InChI is InChI=1S/C11H11NO3/c1-7(13)15-10-5-3-2-4-8(10)11-9(14)6-12-11/h2-5,11-12H,6H2,1H3. The summed E-state index contributed by atoms with van der Waals surface area (Å²) in [6, 6.07) is 6.73. The number of benzene rings is 1. The van der Waals surface area contributed by atoms with Gasteiger partial charge in [-0.05, 0) is 6.07 Å². The molecule has 1 aromatic rings. The van der Waals surface area contributed by atoms with Crippen LogP contribution in [0.15, 0.2) is 24.3 Å². The maximum absolute atomic E-state index is 11.3. The van der Waals surface area contributed by atoms with E-state index in [9.17, 15) is 9.59 Å². The van der Waals surface area contributed by atoms with E-state index >= 15 is 0 Å². The lowest BCUT2D eigenvalue weighted by Gasteiger charge is -2.27. The van der Waals surface area contributed by atoms with Crippen molar-refractivity contribution < 1.29 is 14.3 Å². The molecule has 15 heavy (non-hydrogen) atoms. The fourth-order valence-electron chi connectivity index (χ4n) is 1.54. The maximum atomic E-state index is 11.3. The third kappa shape index (κ3) is 1.89. The van der Waals surface area contributed by atoms with Crippen LogP contribution < -0.4 is 10.1 Å². The average molecular weight is 205 g/mol. The van der Waals surface area contributed by atoms with Crippen molar-refractivity contribution in [3.8, 4) is 5.75 Å². The number of nitrogens with one attached hydrogen (secondary N) is 1. The number of Topliss-reactive ketones (excluding diaryl/α,β-unsaturated/α-hetero) is 1. The van der Waals surface area contributed by atoms with Gasteiger partial charge in [0.05, 0.1) is 12.6 Å². The van der Waals surface area contributed by atoms with Crippen molar-refractivity contribution in [3.05, 3.63) is 29.8 Å². The first-order valence-corrected chi connectivity index (χ1v) is 4.72. The Morgan fingerprint density at radius 1 is 1.47 bits per heavy atom. The number of rotatable bonds is 2. The highest BCUT2D eigenvalue weighted by atomic mass is 16.5. The van der Waals surface area contributed by atoms with Gasteiger partial charge in [-0.2, -0.15) is 0 Å². The molecule has 0 amide bonds. The van der Waals surface area contributed by atoms with Gasteiger partial charge >= 0.3 is 5.97 Å². The lowest BCUT2D eigenvalue weighted by molar-refractivity contribution is -0.132. The van der Waals surface area contributed by atoms with E-state index in [0.717, 1.165) is 5.56 Å². The number of carbonyl (C=O) groups excluding carboxylic acids is 2. The number of carbonyl (C=O) groups is 2. The lowest BCUT2D eigenvalue weighted by Crippen LogP contribution is -2.46. The van der Waals surface area contributed by atoms with E-state index in [1.165, 1.54) is 6.92 Å². The molecule has 1 aliphatic rings. The van der Waals surface area contributed by atoms with Crippen molar-refractivity contribution in [1.82, 2.24) is 5.32 Å². The van der Waals surface area contributed by atoms with Gasteiger partial charge in [-0.3, -0.25) is 14.9 Å². The second-order valence-corrected chi connectivity index (χ2v) is 3.41. The molecule has 1 saturated heterocycles. The SMILES string of the molecule is CC(=O)Oc1ccccc1C1NCC1=O. The van der Waals surface area contributed by atoms with Crippen LogP contribution in [0.1, 0.15) is 18.5 Å². The Kier molecular flexibility index (Phi) is 2.51. The summed E-state index contributed by atoms with van der Waals surface area (Å²) in [5, 5.41) is 2.98. The van der Waals surface area contributed by atoms with Crippen molar-refractivity contribution in [2.45, 2.75) is 13.0 Å². The topological polar surface area (TPSA) is 55.4 Å². The number of ketones is 1. The van der Waals surface area contributed by atoms with Gasteiger partial charge in [0.25, 0.3) is 0 Å². The number of hydrogen-bond donors (Lipinski definition) is 1. The molecule has 1 unspecified atom stereocenters. The van der Waals surface area contributed by atoms with Crippen LogP contribution in [0, 0.1) is 0 Å². The number of hydrogen-bond acceptors (Lipinski definition) is 4. The summed E-state index contributed by atoms with van der Waals surface area (Å²) in [5.41, 5.74) is 0.726. The molecule has 1 heterocycles. The monoisotopic (exact) mass is 205 g/mol. The van der Waals surface area contributed by atoms with Gasteiger partial charge in [0.15, 0.2) is 5.78 Å². The first-order chi connectivity index (χ1) is 7.18. The third-order valence-electron chi connectivity index (χ3n) is 2.29. The van der Waals surface area contributed by atoms with Crippen LogP contribution in [-0.2, 0) is 9.59 Å². The normalized spacial score (nSPS) is 19.5. The molecule has 4 heteroatoms. The minimum atomic E-state index is -0.380. The molecule has 1 fully saturated rings. The first-order valence-electron chi connectivity index (χ1n) is 4.72. The second-order valence-electron chi connectivity index (χ2n) is 3.41. The molecule has 1 N–H and O–H groups in total. The molecule has 0 aliphatic carbocycles. The fourth-order valence-corrected chi connectivity index (χ4v) is 1.54. The quantitative estimate of drug-likeness (QED) is 0.573. The summed E-state index contributed by atoms with van der Waals surface area (Å²) in [6.45, 7) is 1.73. The molecule has 0 radical (unpaired) electrons. The zero-order valence-electron chi connectivity index (χ0n) is 8.32. The van der Waals surface area contributed by atoms with Crippen molar-refractivity contribution in [1.29, 1.82) is 0 Å². The van der Waals surface area contributed by atoms with E-state index in [2.05, 4.69) is 5.32 Å². The third-order valence-corrected chi connectivity index (χ3v) is 2.29. The van der Waals surface area contributed by atoms with Gasteiger partial charge in [0, 0.05) is 12.5 Å². The highest BCUT2D eigenvalue weighted by molar-refractivity contribution is 5.93. The van der Waals surface area contributed by atoms with Crippen LogP contribution in [-0.4, -0.2) is 18.3 Å². The Morgan fingerprint density at radius 3 is 2.73 bits per heavy atom. The number of ether oxygens (including phenoxy) is 1. The summed E-state index contributed by atoms with van der Waals surface area (Å²) in [7, 11) is 0. The highest BCUT2D eigenvalue weighted by Gasteiger charge is 2.31. The molecular formula is C11H11NO3. The molecule has 1 atom stereocenters. The fraction of sp³-hybridized carbons (Fsp3) is 0.273. The summed E-state index contributed by atoms with van der Waals surface area (Å²) in [5.74, 6) is 0.194. The van der Waals surface area contributed by atoms with Crippen LogP contribution >= 0.6 is 0 Å². The number of para-hydroxylation sites is 1. The van der Waals surface area contributed by atoms with Crippen molar-refractivity contribution in [2.75, 3.05) is 6.54 Å². The Labute approximate surface area is 87.2 Å². The van der Waals surface area contributed by atoms with Gasteiger partial charge in [-0.25, -0.2) is 0 Å². The molecule has 0 aromatic heterocycles. The molecule has 78 valence electrons. The van der Waals surface area contributed by atoms with Crippen molar-refractivity contribution in [3.63, 3.8) is 0 Å². The predicted molar refractivity (Wildman–Crippen MR) is 53.5 cm³/mol. The molecule has 0 saturated carbocycles. The Hall–Kier alpha value is -1.68. The first kappa shape index (κ1) is 9.86. The molecule has 1 aromatic carbocycles. The maximum Gasteiger partial charge on any atom is 0.308 e. The highest BCUT2D eigenvalue weighted by Crippen LogP contribution is 2.28. The zero-order valence-corrected chi connectivity index (χ0v) is 8.32. The van der Waals surface area contributed by atoms with Crippen LogP contribution in [0.5, 0.6) is 5.75 Å². The van der Waals surface area contributed by atoms with Crippen LogP contribution in [0.3, 0.4) is 0 Å². The van der Waals surface area contributed by atoms with Crippen molar-refractivity contribution in [2.24, 2.45) is 0 Å². The Morgan fingerprint density at radius 2 is 2.20 bits per heavy atom. The predicted octanol–water partition coefficient (Wildman–Crippen LogP) is 0.825. The second kappa shape index (κ2) is 3.82. The molecular weight excluding hydrogens is 194 g/mol. The summed E-state index contributed by atoms with van der Waals surface area (Å²) >= 11 is 0. The molecule has 0 spiro atoms. The van der Waals surface area contributed by atoms with Gasteiger partial charge in [0.2, 0.25) is 0 Å². The molecule has 0 bridgehead atoms. The number of esters is 1. The van der Waals surface area contributed by atoms with E-state index < -0.39 is 0 Å². The Bertz CT molecular complexity index is 414. The van der Waals surface area contributed by atoms with Crippen molar-refractivity contribution >= 4 is 11.8 Å². The van der Waals surface area contributed by atoms with Gasteiger partial charge in [-0.15, -0.1) is 0 Å². The van der Waals surface area contributed by atoms with E-state index in [1.54, 1.807) is 18.2 Å². The minimum Gasteiger partial charge on any atom is -0.426 e. The summed E-state index contributed by atoms with van der Waals surface area (Å²) < 4.78 is 5.02. The smallest absolute Gasteiger partial charge is 0.308 e. The minimum absolute atomic E-state index is 0.120. The summed E-state index contributed by atoms with van der Waals surface area (Å²) in [6.07, 6.45) is 0. The van der Waals surface area contributed by atoms with E-state index in [1.807, 2.05) is 6.07 Å². The van der Waals surface area contributed by atoms with Crippen LogP contribution in [0.2, 0.25) is 0 Å². The van der Waals surface area contributed by atoms with Gasteiger partial charge in [-0.1, -0.05) is 18.2 Å². The zero-order chi connectivity index (χ0) is 10.8. The molecule has 1 aliphatic heterocycles. The van der Waals surface area contributed by atoms with Gasteiger partial charge in [0.1, 0.15) is 5.75 Å². The van der Waals surface area contributed by atoms with Crippen LogP contribution in [0.4, 0.5) is 0 Å². The average Bonchev–Trinajstić information content (AvgIpc) is 2.18. The lowest BCUT2D eigenvalue weighted by atomic mass is 9.96. The summed E-state index contributed by atoms with van der Waals surface area (Å²) in [4.78, 5) is 22.1. The molecule has 4 nitrogen and oxygen atoms in total. The largest absolute Gasteiger partial charge is 0.426 e.